The van der Waals surface area contributed by atoms with Gasteiger partial charge in [-0.15, -0.1) is 6.58 Å². The van der Waals surface area contributed by atoms with Gasteiger partial charge < -0.3 is 24.8 Å². The summed E-state index contributed by atoms with van der Waals surface area (Å²) in [6, 6.07) is 5.18. The van der Waals surface area contributed by atoms with Gasteiger partial charge in [0.2, 0.25) is 5.91 Å². The smallest absolute Gasteiger partial charge is 0.329 e. The fourth-order valence-electron chi connectivity index (χ4n) is 2.78. The monoisotopic (exact) mass is 490 g/mol. The van der Waals surface area contributed by atoms with Gasteiger partial charge in [-0.1, -0.05) is 6.08 Å². The van der Waals surface area contributed by atoms with Crippen molar-refractivity contribution in [2.45, 2.75) is 78.0 Å². The molecule has 2 amide bonds. The Kier molecular flexibility index (Phi) is 11.6. The van der Waals surface area contributed by atoms with Crippen molar-refractivity contribution in [2.24, 2.45) is 0 Å². The van der Waals surface area contributed by atoms with Crippen molar-refractivity contribution in [3.63, 3.8) is 0 Å². The Balaban J connectivity index is 2.78. The van der Waals surface area contributed by atoms with Crippen molar-refractivity contribution in [1.29, 1.82) is 0 Å². The third-order valence-corrected chi connectivity index (χ3v) is 4.19. The van der Waals surface area contributed by atoms with Crippen LogP contribution in [0.2, 0.25) is 0 Å². The number of nitrogens with one attached hydrogen (secondary N) is 2. The van der Waals surface area contributed by atoms with Crippen molar-refractivity contribution < 1.29 is 33.4 Å². The Bertz CT molecular complexity index is 880. The fraction of sp³-hybridized carbons (Fsp3) is 0.538. The maximum atomic E-state index is 12.8. The summed E-state index contributed by atoms with van der Waals surface area (Å²) in [5.74, 6) is -1.86. The van der Waals surface area contributed by atoms with Crippen LogP contribution in [0.4, 0.5) is 5.69 Å². The van der Waals surface area contributed by atoms with Crippen molar-refractivity contribution in [1.82, 2.24) is 5.32 Å². The SMILES string of the molecule is C=CCOCCC(=O)Nc1ccc(C(=O)N[C@@H](CCC(=O)OC(C)(C)C)C(=O)OC(C)(C)C)cc1. The Morgan fingerprint density at radius 2 is 1.54 bits per heavy atom. The summed E-state index contributed by atoms with van der Waals surface area (Å²) in [5, 5.41) is 5.36. The van der Waals surface area contributed by atoms with E-state index in [4.69, 9.17) is 14.2 Å². The van der Waals surface area contributed by atoms with E-state index in [9.17, 15) is 19.2 Å². The van der Waals surface area contributed by atoms with Crippen LogP contribution in [0.3, 0.4) is 0 Å². The van der Waals surface area contributed by atoms with Gasteiger partial charge in [0.1, 0.15) is 17.2 Å². The van der Waals surface area contributed by atoms with Crippen LogP contribution in [-0.2, 0) is 28.6 Å². The standard InChI is InChI=1S/C26H38N2O7/c1-8-16-33-17-15-21(29)27-19-11-9-18(10-12-19)23(31)28-20(24(32)35-26(5,6)7)13-14-22(30)34-25(2,3)4/h8-12,20H,1,13-17H2,2-7H3,(H,27,29)(H,28,31)/t20-/m0/s1. The highest BCUT2D eigenvalue weighted by Gasteiger charge is 2.28. The summed E-state index contributed by atoms with van der Waals surface area (Å²) in [6.45, 7) is 14.6. The molecule has 0 spiro atoms. The molecule has 194 valence electrons. The second kappa shape index (κ2) is 13.6. The maximum Gasteiger partial charge on any atom is 0.329 e. The lowest BCUT2D eigenvalue weighted by atomic mass is 10.1. The molecule has 0 aliphatic heterocycles. The molecule has 1 aromatic rings. The lowest BCUT2D eigenvalue weighted by Crippen LogP contribution is -2.44. The number of rotatable bonds is 12. The van der Waals surface area contributed by atoms with E-state index in [1.54, 1.807) is 59.8 Å². The maximum absolute atomic E-state index is 12.8. The second-order valence-electron chi connectivity index (χ2n) is 9.92. The molecule has 35 heavy (non-hydrogen) atoms. The number of carbonyl (C=O) groups is 4. The van der Waals surface area contributed by atoms with Crippen molar-refractivity contribution in [3.05, 3.63) is 42.5 Å². The first-order chi connectivity index (χ1) is 16.2. The van der Waals surface area contributed by atoms with Crippen molar-refractivity contribution >= 4 is 29.4 Å². The molecule has 0 heterocycles. The molecule has 0 aliphatic rings. The lowest BCUT2D eigenvalue weighted by molar-refractivity contribution is -0.158. The molecule has 0 radical (unpaired) electrons. The molecule has 0 bridgehead atoms. The summed E-state index contributed by atoms with van der Waals surface area (Å²) >= 11 is 0. The minimum Gasteiger partial charge on any atom is -0.460 e. The van der Waals surface area contributed by atoms with E-state index in [0.29, 0.717) is 12.3 Å². The van der Waals surface area contributed by atoms with Crippen LogP contribution in [0.25, 0.3) is 0 Å². The molecule has 9 nitrogen and oxygen atoms in total. The highest BCUT2D eigenvalue weighted by Crippen LogP contribution is 2.15. The third kappa shape index (κ3) is 13.3. The number of hydrogen-bond donors (Lipinski definition) is 2. The van der Waals surface area contributed by atoms with Crippen LogP contribution in [0.1, 0.15) is 71.2 Å². The normalized spacial score (nSPS) is 12.3. The van der Waals surface area contributed by atoms with E-state index in [1.807, 2.05) is 0 Å². The molecule has 0 saturated carbocycles. The van der Waals surface area contributed by atoms with Gasteiger partial charge >= 0.3 is 11.9 Å². The molecule has 2 N–H and O–H groups in total. The first-order valence-corrected chi connectivity index (χ1v) is 11.5. The van der Waals surface area contributed by atoms with E-state index in [2.05, 4.69) is 17.2 Å². The molecule has 0 unspecified atom stereocenters. The van der Waals surface area contributed by atoms with Crippen LogP contribution >= 0.6 is 0 Å². The summed E-state index contributed by atoms with van der Waals surface area (Å²) in [6.07, 6.45) is 1.75. The molecule has 0 saturated heterocycles. The van der Waals surface area contributed by atoms with E-state index >= 15 is 0 Å². The van der Waals surface area contributed by atoms with Gasteiger partial charge in [-0.05, 0) is 72.2 Å². The summed E-state index contributed by atoms with van der Waals surface area (Å²) in [5.41, 5.74) is -0.618. The molecule has 1 aromatic carbocycles. The van der Waals surface area contributed by atoms with Crippen LogP contribution in [0.15, 0.2) is 36.9 Å². The number of ether oxygens (including phenoxy) is 3. The molecule has 0 aliphatic carbocycles. The molecule has 0 aromatic heterocycles. The number of amides is 2. The van der Waals surface area contributed by atoms with Gasteiger partial charge in [0.15, 0.2) is 0 Å². The van der Waals surface area contributed by atoms with Crippen LogP contribution in [0.5, 0.6) is 0 Å². The van der Waals surface area contributed by atoms with E-state index in [0.717, 1.165) is 0 Å². The van der Waals surface area contributed by atoms with E-state index < -0.39 is 35.1 Å². The molecule has 9 heteroatoms. The summed E-state index contributed by atoms with van der Waals surface area (Å²) < 4.78 is 15.9. The van der Waals surface area contributed by atoms with Crippen molar-refractivity contribution in [2.75, 3.05) is 18.5 Å². The van der Waals surface area contributed by atoms with Crippen LogP contribution in [-0.4, -0.2) is 54.2 Å². The number of esters is 2. The van der Waals surface area contributed by atoms with Gasteiger partial charge in [-0.2, -0.15) is 0 Å². The van der Waals surface area contributed by atoms with Gasteiger partial charge in [-0.3, -0.25) is 14.4 Å². The van der Waals surface area contributed by atoms with Gasteiger partial charge in [0.25, 0.3) is 5.91 Å². The average molecular weight is 491 g/mol. The van der Waals surface area contributed by atoms with Gasteiger partial charge in [0.05, 0.1) is 19.6 Å². The number of benzene rings is 1. The summed E-state index contributed by atoms with van der Waals surface area (Å²) in [4.78, 5) is 49.5. The molecule has 1 atom stereocenters. The molecular weight excluding hydrogens is 452 g/mol. The average Bonchev–Trinajstić information content (AvgIpc) is 2.72. The second-order valence-corrected chi connectivity index (χ2v) is 9.92. The van der Waals surface area contributed by atoms with Gasteiger partial charge in [0, 0.05) is 17.7 Å². The van der Waals surface area contributed by atoms with Crippen LogP contribution in [0, 0.1) is 0 Å². The first kappa shape index (κ1) is 29.8. The zero-order chi connectivity index (χ0) is 26.6. The predicted molar refractivity (Wildman–Crippen MR) is 133 cm³/mol. The predicted octanol–water partition coefficient (Wildman–Crippen LogP) is 3.78. The third-order valence-electron chi connectivity index (χ3n) is 4.19. The summed E-state index contributed by atoms with van der Waals surface area (Å²) in [7, 11) is 0. The zero-order valence-corrected chi connectivity index (χ0v) is 21.6. The number of carbonyl (C=O) groups excluding carboxylic acids is 4. The minimum absolute atomic E-state index is 0.0254. The Hall–Kier alpha value is -3.20. The largest absolute Gasteiger partial charge is 0.460 e. The zero-order valence-electron chi connectivity index (χ0n) is 21.6. The van der Waals surface area contributed by atoms with E-state index in [1.165, 1.54) is 12.1 Å². The number of anilines is 1. The topological polar surface area (TPSA) is 120 Å². The van der Waals surface area contributed by atoms with Gasteiger partial charge in [-0.25, -0.2) is 4.79 Å². The molecule has 1 rings (SSSR count). The van der Waals surface area contributed by atoms with Crippen LogP contribution < -0.4 is 10.6 Å². The van der Waals surface area contributed by atoms with E-state index in [-0.39, 0.29) is 37.3 Å². The lowest BCUT2D eigenvalue weighted by Gasteiger charge is -2.25. The Labute approximate surface area is 207 Å². The molecular formula is C26H38N2O7. The first-order valence-electron chi connectivity index (χ1n) is 11.5. The highest BCUT2D eigenvalue weighted by atomic mass is 16.6. The van der Waals surface area contributed by atoms with Crippen molar-refractivity contribution in [3.8, 4) is 0 Å². The highest BCUT2D eigenvalue weighted by molar-refractivity contribution is 5.98. The quantitative estimate of drug-likeness (QED) is 0.260. The fourth-order valence-corrected chi connectivity index (χ4v) is 2.78. The Morgan fingerprint density at radius 1 is 0.943 bits per heavy atom. The number of hydrogen-bond acceptors (Lipinski definition) is 7. The minimum atomic E-state index is -1.04. The Morgan fingerprint density at radius 3 is 2.09 bits per heavy atom. The molecule has 0 fully saturated rings.